The van der Waals surface area contributed by atoms with Gasteiger partial charge in [0.25, 0.3) is 0 Å². The Labute approximate surface area is 124 Å². The maximum absolute atomic E-state index is 11.9. The lowest BCUT2D eigenvalue weighted by atomic mass is 10.1. The smallest absolute Gasteiger partial charge is 0.313 e. The lowest BCUT2D eigenvalue weighted by Crippen LogP contribution is -2.40. The Morgan fingerprint density at radius 1 is 1.24 bits per heavy atom. The number of amides is 2. The van der Waals surface area contributed by atoms with Crippen LogP contribution in [0, 0.1) is 5.92 Å². The number of aliphatic hydroxyl groups excluding tert-OH is 1. The number of aryl methyl sites for hydroxylation is 1. The number of anilines is 1. The SMILES string of the molecule is CCc1ccccc1NC(=O)C(=O)N[C@@H]1C=C[C@H](CO)C1. The lowest BCUT2D eigenvalue weighted by molar-refractivity contribution is -0.136. The van der Waals surface area contributed by atoms with E-state index in [0.717, 1.165) is 12.0 Å². The molecule has 5 nitrogen and oxygen atoms in total. The number of carbonyl (C=O) groups excluding carboxylic acids is 2. The zero-order valence-corrected chi connectivity index (χ0v) is 12.0. The molecule has 3 N–H and O–H groups in total. The van der Waals surface area contributed by atoms with Crippen LogP contribution in [0.15, 0.2) is 36.4 Å². The van der Waals surface area contributed by atoms with Crippen molar-refractivity contribution < 1.29 is 14.7 Å². The maximum Gasteiger partial charge on any atom is 0.313 e. The highest BCUT2D eigenvalue weighted by Gasteiger charge is 2.23. The van der Waals surface area contributed by atoms with Gasteiger partial charge in [-0.25, -0.2) is 0 Å². The van der Waals surface area contributed by atoms with Crippen LogP contribution in [0.3, 0.4) is 0 Å². The second-order valence-electron chi connectivity index (χ2n) is 5.11. The zero-order chi connectivity index (χ0) is 15.2. The first-order valence-corrected chi connectivity index (χ1v) is 7.13. The van der Waals surface area contributed by atoms with Crippen molar-refractivity contribution in [3.05, 3.63) is 42.0 Å². The van der Waals surface area contributed by atoms with Crippen molar-refractivity contribution in [1.82, 2.24) is 5.32 Å². The van der Waals surface area contributed by atoms with Gasteiger partial charge >= 0.3 is 11.8 Å². The highest BCUT2D eigenvalue weighted by molar-refractivity contribution is 6.39. The summed E-state index contributed by atoms with van der Waals surface area (Å²) in [5.41, 5.74) is 1.65. The van der Waals surface area contributed by atoms with Crippen LogP contribution in [-0.2, 0) is 16.0 Å². The van der Waals surface area contributed by atoms with Gasteiger partial charge in [-0.2, -0.15) is 0 Å². The van der Waals surface area contributed by atoms with Crippen LogP contribution >= 0.6 is 0 Å². The maximum atomic E-state index is 11.9. The van der Waals surface area contributed by atoms with Crippen molar-refractivity contribution in [2.45, 2.75) is 25.8 Å². The van der Waals surface area contributed by atoms with Gasteiger partial charge < -0.3 is 15.7 Å². The molecule has 2 amide bonds. The molecule has 0 aromatic heterocycles. The first kappa shape index (κ1) is 15.3. The van der Waals surface area contributed by atoms with Crippen LogP contribution in [0.5, 0.6) is 0 Å². The van der Waals surface area contributed by atoms with Crippen molar-refractivity contribution >= 4 is 17.5 Å². The number of rotatable bonds is 4. The molecule has 1 aromatic rings. The number of para-hydroxylation sites is 1. The Kier molecular flexibility index (Phi) is 5.11. The molecule has 2 atom stereocenters. The molecule has 0 spiro atoms. The molecule has 0 saturated heterocycles. The summed E-state index contributed by atoms with van der Waals surface area (Å²) in [6.07, 6.45) is 5.07. The lowest BCUT2D eigenvalue weighted by Gasteiger charge is -2.13. The molecule has 0 unspecified atom stereocenters. The van der Waals surface area contributed by atoms with E-state index in [2.05, 4.69) is 10.6 Å². The molecule has 21 heavy (non-hydrogen) atoms. The molecule has 2 rings (SSSR count). The molecule has 112 valence electrons. The summed E-state index contributed by atoms with van der Waals surface area (Å²) in [5.74, 6) is -1.27. The first-order valence-electron chi connectivity index (χ1n) is 7.13. The van der Waals surface area contributed by atoms with E-state index in [0.29, 0.717) is 12.1 Å². The van der Waals surface area contributed by atoms with Gasteiger partial charge in [-0.1, -0.05) is 37.3 Å². The quantitative estimate of drug-likeness (QED) is 0.576. The van der Waals surface area contributed by atoms with E-state index in [9.17, 15) is 9.59 Å². The molecule has 1 aliphatic rings. The number of hydrogen-bond donors (Lipinski definition) is 3. The minimum absolute atomic E-state index is 0.0545. The minimum atomic E-state index is -0.670. The van der Waals surface area contributed by atoms with Crippen molar-refractivity contribution in [2.75, 3.05) is 11.9 Å². The van der Waals surface area contributed by atoms with Gasteiger partial charge in [-0.3, -0.25) is 9.59 Å². The first-order chi connectivity index (χ1) is 10.1. The fourth-order valence-electron chi connectivity index (χ4n) is 2.38. The second kappa shape index (κ2) is 7.04. The standard InChI is InChI=1S/C16H20N2O3/c1-2-12-5-3-4-6-14(12)18-16(21)15(20)17-13-8-7-11(9-13)10-19/h3-8,11,13,19H,2,9-10H2,1H3,(H,17,20)(H,18,21)/t11-,13+/m0/s1. The average Bonchev–Trinajstić information content (AvgIpc) is 2.95. The van der Waals surface area contributed by atoms with Gasteiger partial charge in [-0.15, -0.1) is 0 Å². The van der Waals surface area contributed by atoms with E-state index >= 15 is 0 Å². The number of hydrogen-bond acceptors (Lipinski definition) is 3. The summed E-state index contributed by atoms with van der Waals surface area (Å²) >= 11 is 0. The second-order valence-corrected chi connectivity index (χ2v) is 5.11. The average molecular weight is 288 g/mol. The van der Waals surface area contributed by atoms with Gasteiger partial charge in [-0.05, 0) is 24.5 Å². The van der Waals surface area contributed by atoms with E-state index < -0.39 is 11.8 Å². The summed E-state index contributed by atoms with van der Waals surface area (Å²) in [4.78, 5) is 23.8. The van der Waals surface area contributed by atoms with Crippen LogP contribution in [0.2, 0.25) is 0 Å². The molecule has 5 heteroatoms. The molecule has 0 radical (unpaired) electrons. The number of carbonyl (C=O) groups is 2. The van der Waals surface area contributed by atoms with E-state index in [1.54, 1.807) is 6.07 Å². The molecule has 0 fully saturated rings. The van der Waals surface area contributed by atoms with Crippen molar-refractivity contribution in [3.8, 4) is 0 Å². The summed E-state index contributed by atoms with van der Waals surface area (Å²) in [6.45, 7) is 2.04. The van der Waals surface area contributed by atoms with Gasteiger partial charge in [0.1, 0.15) is 0 Å². The third-order valence-corrected chi connectivity index (χ3v) is 3.58. The van der Waals surface area contributed by atoms with Crippen molar-refractivity contribution in [3.63, 3.8) is 0 Å². The van der Waals surface area contributed by atoms with Crippen LogP contribution in [0.4, 0.5) is 5.69 Å². The Balaban J connectivity index is 1.91. The van der Waals surface area contributed by atoms with Gasteiger partial charge in [0.15, 0.2) is 0 Å². The summed E-state index contributed by atoms with van der Waals surface area (Å²) in [6, 6.07) is 7.22. The molecular formula is C16H20N2O3. The summed E-state index contributed by atoms with van der Waals surface area (Å²) in [5, 5.41) is 14.3. The Morgan fingerprint density at radius 3 is 2.67 bits per heavy atom. The molecule has 0 aliphatic heterocycles. The van der Waals surface area contributed by atoms with Crippen LogP contribution in [0.1, 0.15) is 18.9 Å². The van der Waals surface area contributed by atoms with Gasteiger partial charge in [0, 0.05) is 24.3 Å². The molecule has 1 aliphatic carbocycles. The predicted molar refractivity (Wildman–Crippen MR) is 80.7 cm³/mol. The fraction of sp³-hybridized carbons (Fsp3) is 0.375. The van der Waals surface area contributed by atoms with Crippen molar-refractivity contribution in [1.29, 1.82) is 0 Å². The zero-order valence-electron chi connectivity index (χ0n) is 12.0. The molecule has 0 bridgehead atoms. The van der Waals surface area contributed by atoms with E-state index in [1.165, 1.54) is 0 Å². The van der Waals surface area contributed by atoms with Crippen molar-refractivity contribution in [2.24, 2.45) is 5.92 Å². The highest BCUT2D eigenvalue weighted by atomic mass is 16.3. The topological polar surface area (TPSA) is 78.4 Å². The van der Waals surface area contributed by atoms with E-state index in [4.69, 9.17) is 5.11 Å². The fourth-order valence-corrected chi connectivity index (χ4v) is 2.38. The predicted octanol–water partition coefficient (Wildman–Crippen LogP) is 1.24. The van der Waals surface area contributed by atoms with Gasteiger partial charge in [0.2, 0.25) is 0 Å². The van der Waals surface area contributed by atoms with Crippen LogP contribution < -0.4 is 10.6 Å². The number of nitrogens with one attached hydrogen (secondary N) is 2. The number of aliphatic hydroxyl groups is 1. The molecular weight excluding hydrogens is 268 g/mol. The Hall–Kier alpha value is -2.14. The highest BCUT2D eigenvalue weighted by Crippen LogP contribution is 2.17. The normalized spacial score (nSPS) is 20.3. The third-order valence-electron chi connectivity index (χ3n) is 3.58. The molecule has 1 aromatic carbocycles. The number of benzene rings is 1. The monoisotopic (exact) mass is 288 g/mol. The third kappa shape index (κ3) is 3.92. The molecule has 0 saturated carbocycles. The minimum Gasteiger partial charge on any atom is -0.396 e. The summed E-state index contributed by atoms with van der Waals surface area (Å²) < 4.78 is 0. The Morgan fingerprint density at radius 2 is 2.00 bits per heavy atom. The van der Waals surface area contributed by atoms with E-state index in [-0.39, 0.29) is 18.6 Å². The van der Waals surface area contributed by atoms with Crippen LogP contribution in [0.25, 0.3) is 0 Å². The Bertz CT molecular complexity index is 554. The van der Waals surface area contributed by atoms with E-state index in [1.807, 2.05) is 37.3 Å². The molecule has 0 heterocycles. The summed E-state index contributed by atoms with van der Waals surface area (Å²) in [7, 11) is 0. The van der Waals surface area contributed by atoms with Crippen LogP contribution in [-0.4, -0.2) is 29.6 Å². The largest absolute Gasteiger partial charge is 0.396 e. The van der Waals surface area contributed by atoms with Gasteiger partial charge in [0.05, 0.1) is 0 Å².